The number of hydrogen-bond donors (Lipinski definition) is 1. The number of likely N-dealkylation sites (tertiary alicyclic amines) is 1. The lowest BCUT2D eigenvalue weighted by atomic mass is 9.98. The fraction of sp³-hybridized carbons (Fsp3) is 0.579. The molecule has 0 aromatic heterocycles. The fourth-order valence-corrected chi connectivity index (χ4v) is 3.29. The van der Waals surface area contributed by atoms with Crippen LogP contribution in [0.15, 0.2) is 30.3 Å². The predicted octanol–water partition coefficient (Wildman–Crippen LogP) is 2.31. The minimum absolute atomic E-state index is 0. The van der Waals surface area contributed by atoms with Crippen molar-refractivity contribution in [1.29, 1.82) is 0 Å². The van der Waals surface area contributed by atoms with E-state index in [2.05, 4.69) is 5.32 Å². The summed E-state index contributed by atoms with van der Waals surface area (Å²) in [6.45, 7) is 5.24. The van der Waals surface area contributed by atoms with E-state index in [9.17, 15) is 9.59 Å². The Morgan fingerprint density at radius 3 is 2.64 bits per heavy atom. The van der Waals surface area contributed by atoms with Crippen molar-refractivity contribution >= 4 is 24.2 Å². The predicted molar refractivity (Wildman–Crippen MR) is 103 cm³/mol. The number of benzene rings is 1. The van der Waals surface area contributed by atoms with E-state index in [1.165, 1.54) is 6.42 Å². The minimum Gasteiger partial charge on any atom is -0.342 e. The first-order valence-corrected chi connectivity index (χ1v) is 8.82. The molecule has 2 amide bonds. The van der Waals surface area contributed by atoms with Crippen molar-refractivity contribution in [3.05, 3.63) is 35.9 Å². The van der Waals surface area contributed by atoms with Crippen molar-refractivity contribution in [2.75, 3.05) is 33.2 Å². The number of carbonyl (C=O) groups excluding carboxylic acids is 2. The molecule has 5 nitrogen and oxygen atoms in total. The molecule has 1 N–H and O–H groups in total. The molecule has 0 aliphatic carbocycles. The summed E-state index contributed by atoms with van der Waals surface area (Å²) >= 11 is 0. The molecule has 1 heterocycles. The quantitative estimate of drug-likeness (QED) is 0.804. The van der Waals surface area contributed by atoms with Crippen LogP contribution in [0.25, 0.3) is 0 Å². The molecule has 25 heavy (non-hydrogen) atoms. The van der Waals surface area contributed by atoms with Gasteiger partial charge in [0.1, 0.15) is 0 Å². The standard InChI is InChI=1S/C19H29N3O2.ClH/c1-16(23)21(14-17-7-4-3-5-8-17)12-10-19(24)22-11-6-9-18(15-22)13-20-2;/h3-5,7-8,18,20H,6,9-15H2,1-2H3;1H. The van der Waals surface area contributed by atoms with Gasteiger partial charge in [-0.15, -0.1) is 12.4 Å². The van der Waals surface area contributed by atoms with Crippen LogP contribution in [0.5, 0.6) is 0 Å². The van der Waals surface area contributed by atoms with Crippen LogP contribution in [0.2, 0.25) is 0 Å². The summed E-state index contributed by atoms with van der Waals surface area (Å²) < 4.78 is 0. The molecule has 1 aliphatic rings. The van der Waals surface area contributed by atoms with Gasteiger partial charge in [-0.1, -0.05) is 30.3 Å². The molecule has 1 aliphatic heterocycles. The second kappa shape index (κ2) is 11.1. The highest BCUT2D eigenvalue weighted by Crippen LogP contribution is 2.17. The van der Waals surface area contributed by atoms with Crippen LogP contribution in [0.1, 0.15) is 31.7 Å². The highest BCUT2D eigenvalue weighted by molar-refractivity contribution is 5.85. The third-order valence-corrected chi connectivity index (χ3v) is 4.62. The van der Waals surface area contributed by atoms with E-state index in [0.29, 0.717) is 25.4 Å². The number of amides is 2. The van der Waals surface area contributed by atoms with Crippen LogP contribution in [-0.4, -0.2) is 54.8 Å². The first kappa shape index (κ1) is 21.5. The summed E-state index contributed by atoms with van der Waals surface area (Å²) in [5.74, 6) is 0.717. The first-order chi connectivity index (χ1) is 11.6. The van der Waals surface area contributed by atoms with E-state index in [1.54, 1.807) is 11.8 Å². The Bertz CT molecular complexity index is 537. The average Bonchev–Trinajstić information content (AvgIpc) is 2.59. The van der Waals surface area contributed by atoms with Gasteiger partial charge < -0.3 is 15.1 Å². The maximum atomic E-state index is 12.5. The summed E-state index contributed by atoms with van der Waals surface area (Å²) in [5, 5.41) is 3.20. The molecule has 2 rings (SSSR count). The Balaban J connectivity index is 0.00000312. The van der Waals surface area contributed by atoms with E-state index in [-0.39, 0.29) is 24.2 Å². The highest BCUT2D eigenvalue weighted by atomic mass is 35.5. The van der Waals surface area contributed by atoms with Gasteiger partial charge in [0.05, 0.1) is 0 Å². The zero-order valence-electron chi connectivity index (χ0n) is 15.2. The summed E-state index contributed by atoms with van der Waals surface area (Å²) in [7, 11) is 1.95. The molecule has 1 fully saturated rings. The summed E-state index contributed by atoms with van der Waals surface area (Å²) in [6.07, 6.45) is 2.65. The van der Waals surface area contributed by atoms with E-state index in [1.807, 2.05) is 42.3 Å². The molecule has 140 valence electrons. The molecule has 0 spiro atoms. The maximum Gasteiger partial charge on any atom is 0.224 e. The second-order valence-corrected chi connectivity index (χ2v) is 6.58. The van der Waals surface area contributed by atoms with Gasteiger partial charge in [0.2, 0.25) is 11.8 Å². The number of hydrogen-bond acceptors (Lipinski definition) is 3. The molecule has 6 heteroatoms. The monoisotopic (exact) mass is 367 g/mol. The lowest BCUT2D eigenvalue weighted by molar-refractivity contribution is -0.135. The van der Waals surface area contributed by atoms with Gasteiger partial charge in [-0.3, -0.25) is 9.59 Å². The van der Waals surface area contributed by atoms with Gasteiger partial charge in [-0.05, 0) is 37.9 Å². The van der Waals surface area contributed by atoms with Crippen molar-refractivity contribution in [2.24, 2.45) is 5.92 Å². The van der Waals surface area contributed by atoms with Crippen LogP contribution in [-0.2, 0) is 16.1 Å². The van der Waals surface area contributed by atoms with E-state index < -0.39 is 0 Å². The smallest absolute Gasteiger partial charge is 0.224 e. The summed E-state index contributed by atoms with van der Waals surface area (Å²) in [6, 6.07) is 9.90. The molecule has 1 saturated heterocycles. The molecule has 1 unspecified atom stereocenters. The molecular weight excluding hydrogens is 338 g/mol. The van der Waals surface area contributed by atoms with E-state index in [0.717, 1.165) is 31.6 Å². The normalized spacial score (nSPS) is 16.9. The maximum absolute atomic E-state index is 12.5. The molecular formula is C19H30ClN3O2. The Morgan fingerprint density at radius 2 is 2.00 bits per heavy atom. The highest BCUT2D eigenvalue weighted by Gasteiger charge is 2.23. The number of piperidine rings is 1. The van der Waals surface area contributed by atoms with Crippen LogP contribution >= 0.6 is 12.4 Å². The van der Waals surface area contributed by atoms with Gasteiger partial charge in [0.15, 0.2) is 0 Å². The van der Waals surface area contributed by atoms with Gasteiger partial charge in [0.25, 0.3) is 0 Å². The van der Waals surface area contributed by atoms with Crippen LogP contribution in [0.3, 0.4) is 0 Å². The van der Waals surface area contributed by atoms with Gasteiger partial charge in [0, 0.05) is 39.5 Å². The number of nitrogens with one attached hydrogen (secondary N) is 1. The Labute approximate surface area is 157 Å². The minimum atomic E-state index is 0. The average molecular weight is 368 g/mol. The number of halogens is 1. The lowest BCUT2D eigenvalue weighted by Crippen LogP contribution is -2.43. The van der Waals surface area contributed by atoms with Crippen LogP contribution < -0.4 is 5.32 Å². The van der Waals surface area contributed by atoms with Crippen molar-refractivity contribution in [3.8, 4) is 0 Å². The molecule has 0 bridgehead atoms. The number of carbonyl (C=O) groups is 2. The molecule has 0 radical (unpaired) electrons. The van der Waals surface area contributed by atoms with Crippen molar-refractivity contribution in [3.63, 3.8) is 0 Å². The Morgan fingerprint density at radius 1 is 1.28 bits per heavy atom. The third kappa shape index (κ3) is 7.04. The third-order valence-electron chi connectivity index (χ3n) is 4.62. The van der Waals surface area contributed by atoms with Crippen LogP contribution in [0, 0.1) is 5.92 Å². The van der Waals surface area contributed by atoms with Gasteiger partial charge in [-0.25, -0.2) is 0 Å². The van der Waals surface area contributed by atoms with Crippen molar-refractivity contribution < 1.29 is 9.59 Å². The summed E-state index contributed by atoms with van der Waals surface area (Å²) in [5.41, 5.74) is 1.09. The number of rotatable bonds is 7. The zero-order valence-corrected chi connectivity index (χ0v) is 16.1. The topological polar surface area (TPSA) is 52.7 Å². The molecule has 1 aromatic rings. The van der Waals surface area contributed by atoms with Crippen molar-refractivity contribution in [2.45, 2.75) is 32.7 Å². The van der Waals surface area contributed by atoms with E-state index in [4.69, 9.17) is 0 Å². The Kier molecular flexibility index (Phi) is 9.53. The lowest BCUT2D eigenvalue weighted by Gasteiger charge is -2.33. The second-order valence-electron chi connectivity index (χ2n) is 6.58. The summed E-state index contributed by atoms with van der Waals surface area (Å²) in [4.78, 5) is 28.1. The molecule has 1 atom stereocenters. The number of nitrogens with zero attached hydrogens (tertiary/aromatic N) is 2. The van der Waals surface area contributed by atoms with Gasteiger partial charge >= 0.3 is 0 Å². The SMILES string of the molecule is CNCC1CCCN(C(=O)CCN(Cc2ccccc2)C(C)=O)C1.Cl. The van der Waals surface area contributed by atoms with Crippen LogP contribution in [0.4, 0.5) is 0 Å². The Hall–Kier alpha value is -1.59. The van der Waals surface area contributed by atoms with Gasteiger partial charge in [-0.2, -0.15) is 0 Å². The zero-order chi connectivity index (χ0) is 17.4. The molecule has 1 aromatic carbocycles. The molecule has 0 saturated carbocycles. The fourth-order valence-electron chi connectivity index (χ4n) is 3.29. The van der Waals surface area contributed by atoms with E-state index >= 15 is 0 Å². The largest absolute Gasteiger partial charge is 0.342 e. The first-order valence-electron chi connectivity index (χ1n) is 8.82. The van der Waals surface area contributed by atoms with Crippen molar-refractivity contribution in [1.82, 2.24) is 15.1 Å².